The third kappa shape index (κ3) is 8.65. The van der Waals surface area contributed by atoms with E-state index in [2.05, 4.69) is 103 Å². The molecular weight excluding hydrogens is 376 g/mol. The van der Waals surface area contributed by atoms with Crippen LogP contribution in [0.15, 0.2) is 30.3 Å². The summed E-state index contributed by atoms with van der Waals surface area (Å²) in [4.78, 5) is 0. The van der Waals surface area contributed by atoms with E-state index in [0.717, 1.165) is 0 Å². The molecule has 4 heteroatoms. The molecule has 0 aliphatic carbocycles. The summed E-state index contributed by atoms with van der Waals surface area (Å²) in [6.45, 7) is 24.2. The highest BCUT2D eigenvalue weighted by molar-refractivity contribution is 6.83. The molecule has 3 atom stereocenters. The summed E-state index contributed by atoms with van der Waals surface area (Å²) in [6, 6.07) is 10.4. The molecule has 0 amide bonds. The Bertz CT molecular complexity index is 645. The van der Waals surface area contributed by atoms with Crippen LogP contribution in [0.2, 0.25) is 37.8 Å². The van der Waals surface area contributed by atoms with E-state index in [1.54, 1.807) is 0 Å². The molecule has 0 saturated carbocycles. The van der Waals surface area contributed by atoms with Crippen molar-refractivity contribution < 1.29 is 9.16 Å². The first kappa shape index (κ1) is 25.2. The zero-order valence-corrected chi connectivity index (χ0v) is 21.8. The summed E-state index contributed by atoms with van der Waals surface area (Å²) < 4.78 is 12.9. The molecule has 1 aromatic carbocycles. The second kappa shape index (κ2) is 10.2. The number of benzene rings is 1. The summed E-state index contributed by atoms with van der Waals surface area (Å²) in [5, 5.41) is 0.182. The van der Waals surface area contributed by atoms with Crippen molar-refractivity contribution in [3.63, 3.8) is 0 Å². The van der Waals surface area contributed by atoms with Crippen LogP contribution in [-0.4, -0.2) is 29.1 Å². The summed E-state index contributed by atoms with van der Waals surface area (Å²) in [5.41, 5.74) is 4.76. The number of hydrogen-bond acceptors (Lipinski definition) is 2. The van der Waals surface area contributed by atoms with Crippen LogP contribution < -0.4 is 0 Å². The van der Waals surface area contributed by atoms with Gasteiger partial charge in [-0.15, -0.1) is 11.5 Å². The summed E-state index contributed by atoms with van der Waals surface area (Å²) in [7, 11) is -3.29. The second-order valence-electron chi connectivity index (χ2n) is 10.6. The first-order valence-electron chi connectivity index (χ1n) is 10.5. The molecule has 1 rings (SSSR count). The number of ether oxygens (including phenoxy) is 1. The molecule has 0 bridgehead atoms. The molecule has 0 aliphatic rings. The molecule has 0 spiro atoms. The Morgan fingerprint density at radius 3 is 2.04 bits per heavy atom. The van der Waals surface area contributed by atoms with Crippen molar-refractivity contribution in [2.24, 2.45) is 11.8 Å². The van der Waals surface area contributed by atoms with Gasteiger partial charge in [-0.25, -0.2) is 0 Å². The van der Waals surface area contributed by atoms with Crippen LogP contribution in [-0.2, 0) is 15.8 Å². The number of rotatable bonds is 8. The van der Waals surface area contributed by atoms with Gasteiger partial charge in [-0.3, -0.25) is 0 Å². The molecule has 0 aromatic heterocycles. The van der Waals surface area contributed by atoms with Gasteiger partial charge in [0.2, 0.25) is 0 Å². The first-order chi connectivity index (χ1) is 12.7. The van der Waals surface area contributed by atoms with Crippen molar-refractivity contribution in [3.05, 3.63) is 35.9 Å². The van der Waals surface area contributed by atoms with Crippen molar-refractivity contribution in [1.29, 1.82) is 0 Å². The Kier molecular flexibility index (Phi) is 9.21. The maximum atomic E-state index is 6.87. The van der Waals surface area contributed by atoms with Gasteiger partial charge >= 0.3 is 0 Å². The fourth-order valence-electron chi connectivity index (χ4n) is 2.67. The zero-order valence-electron chi connectivity index (χ0n) is 19.8. The van der Waals surface area contributed by atoms with E-state index < -0.39 is 16.4 Å². The zero-order chi connectivity index (χ0) is 21.6. The van der Waals surface area contributed by atoms with Crippen molar-refractivity contribution in [2.45, 2.75) is 85.1 Å². The predicted octanol–water partition coefficient (Wildman–Crippen LogP) is 6.75. The Hall–Kier alpha value is -0.866. The molecule has 0 radical (unpaired) electrons. The highest BCUT2D eigenvalue weighted by Gasteiger charge is 2.41. The topological polar surface area (TPSA) is 18.5 Å². The lowest BCUT2D eigenvalue weighted by atomic mass is 9.95. The largest absolute Gasteiger partial charge is 0.412 e. The van der Waals surface area contributed by atoms with Crippen LogP contribution in [0.3, 0.4) is 0 Å². The van der Waals surface area contributed by atoms with Gasteiger partial charge in [0.1, 0.15) is 8.07 Å². The predicted molar refractivity (Wildman–Crippen MR) is 128 cm³/mol. The van der Waals surface area contributed by atoms with Crippen LogP contribution in [0.5, 0.6) is 0 Å². The van der Waals surface area contributed by atoms with Gasteiger partial charge in [-0.05, 0) is 30.6 Å². The lowest BCUT2D eigenvalue weighted by molar-refractivity contribution is 0.0210. The normalized spacial score (nSPS) is 16.1. The maximum Gasteiger partial charge on any atom is 0.192 e. The minimum absolute atomic E-state index is 0.0977. The van der Waals surface area contributed by atoms with E-state index >= 15 is 0 Å². The molecule has 0 aliphatic heterocycles. The van der Waals surface area contributed by atoms with Gasteiger partial charge in [-0.2, -0.15) is 0 Å². The van der Waals surface area contributed by atoms with Gasteiger partial charge in [0, 0.05) is 11.8 Å². The van der Waals surface area contributed by atoms with Gasteiger partial charge in [0.05, 0.1) is 19.3 Å². The second-order valence-corrected chi connectivity index (χ2v) is 20.1. The Balaban J connectivity index is 2.89. The maximum absolute atomic E-state index is 6.87. The third-order valence-corrected chi connectivity index (χ3v) is 10.8. The van der Waals surface area contributed by atoms with Gasteiger partial charge in [-0.1, -0.05) is 77.7 Å². The fourth-order valence-corrected chi connectivity index (χ4v) is 4.80. The highest BCUT2D eigenvalue weighted by Crippen LogP contribution is 2.39. The van der Waals surface area contributed by atoms with Crippen LogP contribution >= 0.6 is 0 Å². The smallest absolute Gasteiger partial charge is 0.192 e. The van der Waals surface area contributed by atoms with Crippen molar-refractivity contribution >= 4 is 16.4 Å². The van der Waals surface area contributed by atoms with Crippen LogP contribution in [0.4, 0.5) is 0 Å². The molecule has 158 valence electrons. The van der Waals surface area contributed by atoms with E-state index in [4.69, 9.17) is 9.16 Å². The quantitative estimate of drug-likeness (QED) is 0.343. The van der Waals surface area contributed by atoms with Crippen molar-refractivity contribution in [3.8, 4) is 11.5 Å². The minimum atomic E-state index is -1.88. The third-order valence-electron chi connectivity index (χ3n) is 5.46. The van der Waals surface area contributed by atoms with E-state index in [0.29, 0.717) is 19.1 Å². The highest BCUT2D eigenvalue weighted by atomic mass is 28.4. The Morgan fingerprint density at radius 1 is 0.964 bits per heavy atom. The Morgan fingerprint density at radius 2 is 1.54 bits per heavy atom. The lowest BCUT2D eigenvalue weighted by Gasteiger charge is -2.42. The molecule has 0 unspecified atom stereocenters. The van der Waals surface area contributed by atoms with Crippen molar-refractivity contribution in [2.75, 3.05) is 6.61 Å². The Labute approximate surface area is 176 Å². The van der Waals surface area contributed by atoms with Crippen molar-refractivity contribution in [1.82, 2.24) is 0 Å². The fraction of sp³-hybridized carbons (Fsp3) is 0.667. The molecule has 0 fully saturated rings. The van der Waals surface area contributed by atoms with E-state index in [1.807, 2.05) is 6.07 Å². The van der Waals surface area contributed by atoms with Gasteiger partial charge < -0.3 is 9.16 Å². The van der Waals surface area contributed by atoms with Crippen LogP contribution in [0.1, 0.15) is 40.2 Å². The van der Waals surface area contributed by atoms with Crippen LogP contribution in [0.25, 0.3) is 0 Å². The average Bonchev–Trinajstić information content (AvgIpc) is 2.56. The standard InChI is InChI=1S/C24H42O2Si2/c1-20(16-17-27(6,7)8)23(26-28(9,10)24(3,4)5)21(2)18-25-19-22-14-12-11-13-15-22/h11-15,20-21,23H,18-19H2,1-10H3/t20-,21+,23-/m0/s1. The molecule has 0 N–H and O–H groups in total. The molecular formula is C24H42O2Si2. The SMILES string of the molecule is C[C@H](COCc1ccccc1)[C@@H](O[Si](C)(C)C(C)(C)C)[C@@H](C)C#C[Si](C)(C)C. The minimum Gasteiger partial charge on any atom is -0.412 e. The van der Waals surface area contributed by atoms with E-state index in [9.17, 15) is 0 Å². The molecule has 0 saturated heterocycles. The first-order valence-corrected chi connectivity index (χ1v) is 17.0. The summed E-state index contributed by atoms with van der Waals surface area (Å²) >= 11 is 0. The van der Waals surface area contributed by atoms with E-state index in [1.165, 1.54) is 5.56 Å². The monoisotopic (exact) mass is 418 g/mol. The molecule has 28 heavy (non-hydrogen) atoms. The van der Waals surface area contributed by atoms with E-state index in [-0.39, 0.29) is 17.1 Å². The molecule has 0 heterocycles. The average molecular weight is 419 g/mol. The van der Waals surface area contributed by atoms with Gasteiger partial charge in [0.15, 0.2) is 8.32 Å². The molecule has 2 nitrogen and oxygen atoms in total. The lowest BCUT2D eigenvalue weighted by Crippen LogP contribution is -2.48. The molecule has 1 aromatic rings. The summed E-state index contributed by atoms with van der Waals surface area (Å²) in [5.74, 6) is 4.04. The summed E-state index contributed by atoms with van der Waals surface area (Å²) in [6.07, 6.45) is 0.0977. The van der Waals surface area contributed by atoms with Gasteiger partial charge in [0.25, 0.3) is 0 Å². The van der Waals surface area contributed by atoms with Crippen LogP contribution in [0, 0.1) is 23.3 Å². The number of hydrogen-bond donors (Lipinski definition) is 0.